The summed E-state index contributed by atoms with van der Waals surface area (Å²) in [6.45, 7) is 2.62. The number of carbonyl (C=O) groups excluding carboxylic acids is 1. The standard InChI is InChI=1S/C15H18N4O3/c1-21-12-4-2-11(3-5-12)10-13-14(20)16-15(18-17-13)19-6-8-22-9-7-19/h2-5,13H,6-10H2,1H3. The lowest BCUT2D eigenvalue weighted by Crippen LogP contribution is -2.42. The van der Waals surface area contributed by atoms with Crippen molar-refractivity contribution in [2.45, 2.75) is 12.5 Å². The van der Waals surface area contributed by atoms with E-state index in [0.717, 1.165) is 11.3 Å². The van der Waals surface area contributed by atoms with Gasteiger partial charge in [-0.1, -0.05) is 12.1 Å². The lowest BCUT2D eigenvalue weighted by molar-refractivity contribution is -0.119. The Bertz CT molecular complexity index is 591. The van der Waals surface area contributed by atoms with E-state index in [0.29, 0.717) is 38.7 Å². The third kappa shape index (κ3) is 3.30. The van der Waals surface area contributed by atoms with Gasteiger partial charge in [-0.05, 0) is 17.7 Å². The van der Waals surface area contributed by atoms with Gasteiger partial charge in [-0.15, -0.1) is 5.11 Å². The van der Waals surface area contributed by atoms with Crippen LogP contribution in [0.5, 0.6) is 5.75 Å². The lowest BCUT2D eigenvalue weighted by Gasteiger charge is -2.28. The Hall–Kier alpha value is -2.28. The number of azo groups is 1. The molecule has 0 aliphatic carbocycles. The second-order valence-electron chi connectivity index (χ2n) is 5.13. The summed E-state index contributed by atoms with van der Waals surface area (Å²) in [6.07, 6.45) is 0.492. The van der Waals surface area contributed by atoms with Crippen LogP contribution in [0.25, 0.3) is 0 Å². The van der Waals surface area contributed by atoms with Crippen molar-refractivity contribution >= 4 is 11.9 Å². The summed E-state index contributed by atoms with van der Waals surface area (Å²) in [7, 11) is 1.62. The van der Waals surface area contributed by atoms with E-state index in [4.69, 9.17) is 9.47 Å². The molecule has 7 nitrogen and oxygen atoms in total. The highest BCUT2D eigenvalue weighted by atomic mass is 16.5. The molecule has 0 saturated carbocycles. The highest BCUT2D eigenvalue weighted by molar-refractivity contribution is 5.97. The molecule has 1 fully saturated rings. The van der Waals surface area contributed by atoms with E-state index in [1.54, 1.807) is 7.11 Å². The molecule has 2 aliphatic heterocycles. The van der Waals surface area contributed by atoms with Crippen LogP contribution in [0.4, 0.5) is 0 Å². The number of rotatable bonds is 3. The van der Waals surface area contributed by atoms with Crippen LogP contribution in [0.15, 0.2) is 39.5 Å². The highest BCUT2D eigenvalue weighted by Crippen LogP contribution is 2.16. The van der Waals surface area contributed by atoms with E-state index in [1.165, 1.54) is 0 Å². The molecule has 3 rings (SSSR count). The van der Waals surface area contributed by atoms with Gasteiger partial charge in [0.05, 0.1) is 20.3 Å². The number of nitrogens with zero attached hydrogens (tertiary/aromatic N) is 4. The van der Waals surface area contributed by atoms with Gasteiger partial charge in [0, 0.05) is 19.5 Å². The van der Waals surface area contributed by atoms with E-state index in [2.05, 4.69) is 15.2 Å². The molecule has 2 heterocycles. The number of benzene rings is 1. The fraction of sp³-hybridized carbons (Fsp3) is 0.467. The minimum absolute atomic E-state index is 0.243. The number of guanidine groups is 1. The first-order chi connectivity index (χ1) is 10.8. The van der Waals surface area contributed by atoms with Gasteiger partial charge in [0.1, 0.15) is 5.75 Å². The molecule has 0 spiro atoms. The lowest BCUT2D eigenvalue weighted by atomic mass is 10.1. The van der Waals surface area contributed by atoms with Gasteiger partial charge >= 0.3 is 0 Å². The van der Waals surface area contributed by atoms with Crippen LogP contribution in [-0.2, 0) is 16.0 Å². The summed E-state index contributed by atoms with van der Waals surface area (Å²) < 4.78 is 10.4. The molecule has 0 radical (unpaired) electrons. The van der Waals surface area contributed by atoms with Crippen molar-refractivity contribution in [1.82, 2.24) is 4.90 Å². The second kappa shape index (κ2) is 6.65. The minimum atomic E-state index is -0.543. The first kappa shape index (κ1) is 14.6. The summed E-state index contributed by atoms with van der Waals surface area (Å²) in [4.78, 5) is 18.2. The van der Waals surface area contributed by atoms with Crippen LogP contribution < -0.4 is 4.74 Å². The Morgan fingerprint density at radius 2 is 2.00 bits per heavy atom. The highest BCUT2D eigenvalue weighted by Gasteiger charge is 2.26. The molecule has 7 heteroatoms. The van der Waals surface area contributed by atoms with Gasteiger partial charge in [0.2, 0.25) is 5.96 Å². The van der Waals surface area contributed by atoms with Crippen molar-refractivity contribution in [3.63, 3.8) is 0 Å². The number of hydrogen-bond donors (Lipinski definition) is 0. The summed E-state index contributed by atoms with van der Waals surface area (Å²) in [5, 5.41) is 8.25. The van der Waals surface area contributed by atoms with Crippen LogP contribution in [0.1, 0.15) is 5.56 Å². The number of amides is 1. The third-order valence-corrected chi connectivity index (χ3v) is 3.66. The summed E-state index contributed by atoms with van der Waals surface area (Å²) in [6, 6.07) is 7.02. The average molecular weight is 302 g/mol. The fourth-order valence-electron chi connectivity index (χ4n) is 2.38. The van der Waals surface area contributed by atoms with Gasteiger partial charge in [-0.2, -0.15) is 10.1 Å². The summed E-state index contributed by atoms with van der Waals surface area (Å²) in [5.74, 6) is 0.944. The number of hydrogen-bond acceptors (Lipinski definition) is 6. The van der Waals surface area contributed by atoms with Gasteiger partial charge in [0.15, 0.2) is 6.04 Å². The minimum Gasteiger partial charge on any atom is -0.497 e. The maximum absolute atomic E-state index is 12.2. The van der Waals surface area contributed by atoms with Crippen molar-refractivity contribution in [3.05, 3.63) is 29.8 Å². The predicted molar refractivity (Wildman–Crippen MR) is 80.2 cm³/mol. The normalized spacial score (nSPS) is 21.7. The molecular weight excluding hydrogens is 284 g/mol. The first-order valence-electron chi connectivity index (χ1n) is 7.25. The Morgan fingerprint density at radius 3 is 2.64 bits per heavy atom. The molecule has 0 aromatic heterocycles. The zero-order valence-electron chi connectivity index (χ0n) is 12.4. The van der Waals surface area contributed by atoms with Crippen molar-refractivity contribution in [2.75, 3.05) is 33.4 Å². The molecule has 22 heavy (non-hydrogen) atoms. The summed E-state index contributed by atoms with van der Waals surface area (Å²) in [5.41, 5.74) is 1.00. The molecule has 2 aliphatic rings. The van der Waals surface area contributed by atoms with E-state index < -0.39 is 6.04 Å². The molecular formula is C15H18N4O3. The molecule has 1 saturated heterocycles. The predicted octanol–water partition coefficient (Wildman–Crippen LogP) is 1.29. The molecule has 0 N–H and O–H groups in total. The first-order valence-corrected chi connectivity index (χ1v) is 7.25. The number of methoxy groups -OCH3 is 1. The Kier molecular flexibility index (Phi) is 4.43. The molecule has 0 bridgehead atoms. The molecule has 1 atom stereocenters. The van der Waals surface area contributed by atoms with Crippen LogP contribution in [0.2, 0.25) is 0 Å². The molecule has 1 aromatic rings. The van der Waals surface area contributed by atoms with Gasteiger partial charge in [0.25, 0.3) is 5.91 Å². The Balaban J connectivity index is 1.63. The quantitative estimate of drug-likeness (QED) is 0.843. The fourth-order valence-corrected chi connectivity index (χ4v) is 2.38. The number of ether oxygens (including phenoxy) is 2. The molecule has 1 aromatic carbocycles. The van der Waals surface area contributed by atoms with Crippen LogP contribution in [0, 0.1) is 0 Å². The van der Waals surface area contributed by atoms with Crippen LogP contribution in [-0.4, -0.2) is 56.2 Å². The zero-order chi connectivity index (χ0) is 15.4. The average Bonchev–Trinajstić information content (AvgIpc) is 2.58. The molecule has 1 amide bonds. The largest absolute Gasteiger partial charge is 0.497 e. The van der Waals surface area contributed by atoms with Crippen molar-refractivity contribution in [1.29, 1.82) is 0 Å². The van der Waals surface area contributed by atoms with E-state index >= 15 is 0 Å². The van der Waals surface area contributed by atoms with Gasteiger partial charge < -0.3 is 14.4 Å². The monoisotopic (exact) mass is 302 g/mol. The summed E-state index contributed by atoms with van der Waals surface area (Å²) >= 11 is 0. The Labute approximate surface area is 128 Å². The zero-order valence-corrected chi connectivity index (χ0v) is 12.4. The van der Waals surface area contributed by atoms with Crippen molar-refractivity contribution in [3.8, 4) is 5.75 Å². The number of morpholine rings is 1. The maximum Gasteiger partial charge on any atom is 0.276 e. The van der Waals surface area contributed by atoms with E-state index in [1.807, 2.05) is 29.2 Å². The molecule has 116 valence electrons. The third-order valence-electron chi connectivity index (χ3n) is 3.66. The number of aliphatic imine (C=N–C) groups is 1. The maximum atomic E-state index is 12.2. The van der Waals surface area contributed by atoms with Crippen LogP contribution >= 0.6 is 0 Å². The SMILES string of the molecule is COc1ccc(CC2N=NC(N3CCOCC3)=NC2=O)cc1. The van der Waals surface area contributed by atoms with Crippen LogP contribution in [0.3, 0.4) is 0 Å². The van der Waals surface area contributed by atoms with Gasteiger partial charge in [-0.3, -0.25) is 4.79 Å². The van der Waals surface area contributed by atoms with Gasteiger partial charge in [-0.25, -0.2) is 0 Å². The smallest absolute Gasteiger partial charge is 0.276 e. The number of carbonyl (C=O) groups is 1. The van der Waals surface area contributed by atoms with Crippen molar-refractivity contribution in [2.24, 2.45) is 15.2 Å². The van der Waals surface area contributed by atoms with E-state index in [9.17, 15) is 4.79 Å². The topological polar surface area (TPSA) is 75.8 Å². The van der Waals surface area contributed by atoms with Crippen molar-refractivity contribution < 1.29 is 14.3 Å². The second-order valence-corrected chi connectivity index (χ2v) is 5.13. The van der Waals surface area contributed by atoms with E-state index in [-0.39, 0.29) is 5.91 Å². The Morgan fingerprint density at radius 1 is 1.27 bits per heavy atom. The molecule has 1 unspecified atom stereocenters.